The number of aryl methyl sites for hydroxylation is 2. The first kappa shape index (κ1) is 10.1. The molecule has 2 rings (SSSR count). The number of hydrogen-bond donors (Lipinski definition) is 1. The van der Waals surface area contributed by atoms with Crippen LogP contribution >= 0.6 is 0 Å². The van der Waals surface area contributed by atoms with Gasteiger partial charge in [0.1, 0.15) is 0 Å². The summed E-state index contributed by atoms with van der Waals surface area (Å²) in [6.07, 6.45) is 3.95. The van der Waals surface area contributed by atoms with Crippen LogP contribution in [-0.4, -0.2) is 11.5 Å². The summed E-state index contributed by atoms with van der Waals surface area (Å²) < 4.78 is 0. The number of aromatic nitrogens is 1. The monoisotopic (exact) mass is 200 g/mol. The molecule has 0 atom stereocenters. The molecule has 1 aromatic carbocycles. The minimum atomic E-state index is 0.749. The van der Waals surface area contributed by atoms with E-state index in [2.05, 4.69) is 30.1 Å². The van der Waals surface area contributed by atoms with Crippen molar-refractivity contribution in [2.45, 2.75) is 19.8 Å². The van der Waals surface area contributed by atoms with Crippen LogP contribution < -0.4 is 5.73 Å². The summed E-state index contributed by atoms with van der Waals surface area (Å²) in [7, 11) is 0. The van der Waals surface area contributed by atoms with Gasteiger partial charge in [0.2, 0.25) is 0 Å². The zero-order valence-corrected chi connectivity index (χ0v) is 9.03. The lowest BCUT2D eigenvalue weighted by molar-refractivity contribution is 0.833. The molecule has 0 unspecified atom stereocenters. The summed E-state index contributed by atoms with van der Waals surface area (Å²) in [6, 6.07) is 8.54. The van der Waals surface area contributed by atoms with Crippen LogP contribution in [0.15, 0.2) is 30.5 Å². The highest BCUT2D eigenvalue weighted by Gasteiger charge is 1.99. The third-order valence-corrected chi connectivity index (χ3v) is 2.69. The molecular weight excluding hydrogens is 184 g/mol. The Morgan fingerprint density at radius 1 is 1.27 bits per heavy atom. The third-order valence-electron chi connectivity index (χ3n) is 2.69. The largest absolute Gasteiger partial charge is 0.330 e. The molecule has 0 saturated heterocycles. The SMILES string of the molecule is Cc1ccnc2cc(CCCN)ccc12. The van der Waals surface area contributed by atoms with Crippen LogP contribution in [0.1, 0.15) is 17.5 Å². The van der Waals surface area contributed by atoms with Crippen LogP contribution in [0.2, 0.25) is 0 Å². The Balaban J connectivity index is 2.39. The second kappa shape index (κ2) is 4.41. The van der Waals surface area contributed by atoms with Gasteiger partial charge < -0.3 is 5.73 Å². The van der Waals surface area contributed by atoms with Gasteiger partial charge in [0, 0.05) is 11.6 Å². The molecule has 0 amide bonds. The first-order valence-corrected chi connectivity index (χ1v) is 5.35. The molecule has 78 valence electrons. The van der Waals surface area contributed by atoms with Crippen LogP contribution in [0, 0.1) is 6.92 Å². The highest BCUT2D eigenvalue weighted by Crippen LogP contribution is 2.17. The average molecular weight is 200 g/mol. The maximum absolute atomic E-state index is 5.50. The quantitative estimate of drug-likeness (QED) is 0.826. The van der Waals surface area contributed by atoms with E-state index in [1.165, 1.54) is 16.5 Å². The van der Waals surface area contributed by atoms with Crippen LogP contribution in [0.25, 0.3) is 10.9 Å². The van der Waals surface area contributed by atoms with Crippen LogP contribution in [-0.2, 0) is 6.42 Å². The van der Waals surface area contributed by atoms with Gasteiger partial charge in [-0.2, -0.15) is 0 Å². The topological polar surface area (TPSA) is 38.9 Å². The van der Waals surface area contributed by atoms with E-state index in [1.54, 1.807) is 0 Å². The molecule has 2 heteroatoms. The third kappa shape index (κ3) is 2.16. The minimum Gasteiger partial charge on any atom is -0.330 e. The maximum Gasteiger partial charge on any atom is 0.0707 e. The molecule has 0 fully saturated rings. The first-order valence-electron chi connectivity index (χ1n) is 5.35. The van der Waals surface area contributed by atoms with Gasteiger partial charge >= 0.3 is 0 Å². The Morgan fingerprint density at radius 3 is 2.93 bits per heavy atom. The van der Waals surface area contributed by atoms with Gasteiger partial charge in [0.05, 0.1) is 5.52 Å². The van der Waals surface area contributed by atoms with E-state index in [0.717, 1.165) is 24.9 Å². The van der Waals surface area contributed by atoms with Crippen molar-refractivity contribution in [1.29, 1.82) is 0 Å². The summed E-state index contributed by atoms with van der Waals surface area (Å²) in [6.45, 7) is 2.86. The van der Waals surface area contributed by atoms with Gasteiger partial charge in [-0.3, -0.25) is 4.98 Å². The number of benzene rings is 1. The molecule has 2 nitrogen and oxygen atoms in total. The molecule has 0 aliphatic rings. The standard InChI is InChI=1S/C13H16N2/c1-10-6-8-15-13-9-11(3-2-7-14)4-5-12(10)13/h4-6,8-9H,2-3,7,14H2,1H3. The Hall–Kier alpha value is -1.41. The molecule has 0 radical (unpaired) electrons. The van der Waals surface area contributed by atoms with Gasteiger partial charge in [-0.05, 0) is 49.6 Å². The minimum absolute atomic E-state index is 0.749. The van der Waals surface area contributed by atoms with E-state index in [-0.39, 0.29) is 0 Å². The summed E-state index contributed by atoms with van der Waals surface area (Å²) in [4.78, 5) is 4.38. The molecule has 0 aliphatic carbocycles. The summed E-state index contributed by atoms with van der Waals surface area (Å²) >= 11 is 0. The van der Waals surface area contributed by atoms with Crippen molar-refractivity contribution in [3.63, 3.8) is 0 Å². The highest BCUT2D eigenvalue weighted by atomic mass is 14.6. The average Bonchev–Trinajstić information content (AvgIpc) is 2.26. The number of hydrogen-bond acceptors (Lipinski definition) is 2. The fourth-order valence-electron chi connectivity index (χ4n) is 1.80. The Morgan fingerprint density at radius 2 is 2.13 bits per heavy atom. The number of rotatable bonds is 3. The van der Waals surface area contributed by atoms with Gasteiger partial charge in [0.25, 0.3) is 0 Å². The van der Waals surface area contributed by atoms with Crippen molar-refractivity contribution >= 4 is 10.9 Å². The predicted octanol–water partition coefficient (Wildman–Crippen LogP) is 2.43. The smallest absolute Gasteiger partial charge is 0.0707 e. The van der Waals surface area contributed by atoms with Gasteiger partial charge in [0.15, 0.2) is 0 Å². The molecule has 0 spiro atoms. The lowest BCUT2D eigenvalue weighted by atomic mass is 10.0. The summed E-state index contributed by atoms with van der Waals surface area (Å²) in [5.74, 6) is 0. The molecule has 15 heavy (non-hydrogen) atoms. The van der Waals surface area contributed by atoms with Crippen molar-refractivity contribution in [2.75, 3.05) is 6.54 Å². The lowest BCUT2D eigenvalue weighted by Crippen LogP contribution is -2.00. The van der Waals surface area contributed by atoms with E-state index in [0.29, 0.717) is 0 Å². The number of nitrogens with zero attached hydrogens (tertiary/aromatic N) is 1. The molecule has 2 N–H and O–H groups in total. The van der Waals surface area contributed by atoms with Gasteiger partial charge in [-0.15, -0.1) is 0 Å². The molecule has 0 saturated carbocycles. The lowest BCUT2D eigenvalue weighted by Gasteiger charge is -2.04. The van der Waals surface area contributed by atoms with E-state index < -0.39 is 0 Å². The number of pyridine rings is 1. The molecule has 0 aliphatic heterocycles. The second-order valence-electron chi connectivity index (χ2n) is 3.87. The maximum atomic E-state index is 5.50. The Kier molecular flexibility index (Phi) is 2.97. The highest BCUT2D eigenvalue weighted by molar-refractivity contribution is 5.82. The van der Waals surface area contributed by atoms with Crippen molar-refractivity contribution in [2.24, 2.45) is 5.73 Å². The molecule has 1 heterocycles. The second-order valence-corrected chi connectivity index (χ2v) is 3.87. The predicted molar refractivity (Wildman–Crippen MR) is 63.9 cm³/mol. The summed E-state index contributed by atoms with van der Waals surface area (Å²) in [5, 5.41) is 1.24. The zero-order chi connectivity index (χ0) is 10.7. The van der Waals surface area contributed by atoms with Crippen LogP contribution in [0.3, 0.4) is 0 Å². The van der Waals surface area contributed by atoms with Crippen LogP contribution in [0.5, 0.6) is 0 Å². The van der Waals surface area contributed by atoms with E-state index in [1.807, 2.05) is 12.3 Å². The van der Waals surface area contributed by atoms with Crippen molar-refractivity contribution in [3.05, 3.63) is 41.6 Å². The number of nitrogens with two attached hydrogens (primary N) is 1. The Bertz CT molecular complexity index is 463. The normalized spacial score (nSPS) is 10.8. The van der Waals surface area contributed by atoms with Crippen molar-refractivity contribution in [1.82, 2.24) is 4.98 Å². The van der Waals surface area contributed by atoms with Crippen molar-refractivity contribution in [3.8, 4) is 0 Å². The zero-order valence-electron chi connectivity index (χ0n) is 9.03. The summed E-state index contributed by atoms with van der Waals surface area (Å²) in [5.41, 5.74) is 9.19. The van der Waals surface area contributed by atoms with Crippen molar-refractivity contribution < 1.29 is 0 Å². The first-order chi connectivity index (χ1) is 7.31. The molecule has 1 aromatic heterocycles. The van der Waals surface area contributed by atoms with Gasteiger partial charge in [-0.25, -0.2) is 0 Å². The van der Waals surface area contributed by atoms with E-state index >= 15 is 0 Å². The van der Waals surface area contributed by atoms with Crippen LogP contribution in [0.4, 0.5) is 0 Å². The fourth-order valence-corrected chi connectivity index (χ4v) is 1.80. The molecule has 0 bridgehead atoms. The molecular formula is C13H16N2. The fraction of sp³-hybridized carbons (Fsp3) is 0.308. The number of fused-ring (bicyclic) bond motifs is 1. The Labute approximate surface area is 90.1 Å². The van der Waals surface area contributed by atoms with E-state index in [4.69, 9.17) is 5.73 Å². The van der Waals surface area contributed by atoms with E-state index in [9.17, 15) is 0 Å². The molecule has 2 aromatic rings. The van der Waals surface area contributed by atoms with Gasteiger partial charge in [-0.1, -0.05) is 12.1 Å².